The summed E-state index contributed by atoms with van der Waals surface area (Å²) in [5.74, 6) is 1.64. The number of ether oxygens (including phenoxy) is 1. The van der Waals surface area contributed by atoms with Crippen molar-refractivity contribution < 1.29 is 14.3 Å². The highest BCUT2D eigenvalue weighted by Crippen LogP contribution is 2.18. The van der Waals surface area contributed by atoms with Crippen LogP contribution in [0.2, 0.25) is 0 Å². The van der Waals surface area contributed by atoms with Crippen molar-refractivity contribution in [3.8, 4) is 5.75 Å². The lowest BCUT2D eigenvalue weighted by molar-refractivity contribution is -0.138. The summed E-state index contributed by atoms with van der Waals surface area (Å²) in [6.07, 6.45) is 0.856. The zero-order chi connectivity index (χ0) is 21.9. The third-order valence-electron chi connectivity index (χ3n) is 4.82. The quantitative estimate of drug-likeness (QED) is 0.583. The van der Waals surface area contributed by atoms with Gasteiger partial charge < -0.3 is 15.0 Å². The molecule has 1 atom stereocenters. The Balaban J connectivity index is 2.06. The normalized spacial score (nSPS) is 11.6. The van der Waals surface area contributed by atoms with Crippen LogP contribution in [0.25, 0.3) is 0 Å². The van der Waals surface area contributed by atoms with E-state index in [2.05, 4.69) is 36.5 Å². The Bertz CT molecular complexity index is 823. The van der Waals surface area contributed by atoms with E-state index in [9.17, 15) is 9.59 Å². The first-order chi connectivity index (χ1) is 14.4. The summed E-state index contributed by atoms with van der Waals surface area (Å²) in [7, 11) is 1.62. The molecule has 0 bridgehead atoms. The van der Waals surface area contributed by atoms with E-state index >= 15 is 0 Å². The maximum absolute atomic E-state index is 13.1. The molecule has 2 aromatic rings. The minimum absolute atomic E-state index is 0.0471. The van der Waals surface area contributed by atoms with Crippen molar-refractivity contribution in [1.82, 2.24) is 10.2 Å². The molecule has 2 aromatic carbocycles. The largest absolute Gasteiger partial charge is 0.497 e. The minimum Gasteiger partial charge on any atom is -0.497 e. The van der Waals surface area contributed by atoms with Crippen molar-refractivity contribution in [1.29, 1.82) is 0 Å². The SMILES string of the molecule is CCCNC(=O)[C@H](C)N(Cc1cccc(OC)c1)C(=O)CSCc1ccc(C)cc1. The summed E-state index contributed by atoms with van der Waals surface area (Å²) in [6.45, 7) is 6.82. The molecular weight excluding hydrogens is 396 g/mol. The summed E-state index contributed by atoms with van der Waals surface area (Å²) >= 11 is 1.57. The van der Waals surface area contributed by atoms with Crippen molar-refractivity contribution in [2.75, 3.05) is 19.4 Å². The highest BCUT2D eigenvalue weighted by molar-refractivity contribution is 7.99. The highest BCUT2D eigenvalue weighted by Gasteiger charge is 2.25. The fraction of sp³-hybridized carbons (Fsp3) is 0.417. The Morgan fingerprint density at radius 1 is 1.13 bits per heavy atom. The summed E-state index contributed by atoms with van der Waals surface area (Å²) in [6, 6.07) is 15.4. The van der Waals surface area contributed by atoms with Crippen LogP contribution < -0.4 is 10.1 Å². The third kappa shape index (κ3) is 7.41. The van der Waals surface area contributed by atoms with Gasteiger partial charge in [-0.3, -0.25) is 9.59 Å². The van der Waals surface area contributed by atoms with E-state index in [1.165, 1.54) is 11.1 Å². The number of rotatable bonds is 11. The van der Waals surface area contributed by atoms with Crippen molar-refractivity contribution in [3.63, 3.8) is 0 Å². The van der Waals surface area contributed by atoms with Crippen molar-refractivity contribution in [2.24, 2.45) is 0 Å². The number of hydrogen-bond acceptors (Lipinski definition) is 4. The summed E-state index contributed by atoms with van der Waals surface area (Å²) < 4.78 is 5.29. The van der Waals surface area contributed by atoms with E-state index < -0.39 is 6.04 Å². The van der Waals surface area contributed by atoms with Crippen LogP contribution in [0.4, 0.5) is 0 Å². The molecule has 1 N–H and O–H groups in total. The van der Waals surface area contributed by atoms with Crippen LogP contribution in [0.1, 0.15) is 37.0 Å². The van der Waals surface area contributed by atoms with Crippen LogP contribution in [-0.4, -0.2) is 42.2 Å². The molecule has 162 valence electrons. The number of methoxy groups -OCH3 is 1. The predicted molar refractivity (Wildman–Crippen MR) is 124 cm³/mol. The number of amides is 2. The van der Waals surface area contributed by atoms with Crippen LogP contribution in [0.15, 0.2) is 48.5 Å². The van der Waals surface area contributed by atoms with E-state index in [1.54, 1.807) is 30.7 Å². The number of carbonyl (C=O) groups is 2. The van der Waals surface area contributed by atoms with E-state index in [1.807, 2.05) is 31.2 Å². The van der Waals surface area contributed by atoms with Crippen molar-refractivity contribution in [3.05, 3.63) is 65.2 Å². The standard InChI is InChI=1S/C24H32N2O3S/c1-5-13-25-24(28)19(3)26(15-21-7-6-8-22(14-21)29-4)23(27)17-30-16-20-11-9-18(2)10-12-20/h6-12,14,19H,5,13,15-17H2,1-4H3,(H,25,28)/t19-/m0/s1. The number of nitrogens with zero attached hydrogens (tertiary/aromatic N) is 1. The van der Waals surface area contributed by atoms with E-state index in [-0.39, 0.29) is 11.8 Å². The van der Waals surface area contributed by atoms with Crippen LogP contribution in [0.3, 0.4) is 0 Å². The number of nitrogens with one attached hydrogen (secondary N) is 1. The van der Waals surface area contributed by atoms with Crippen molar-refractivity contribution in [2.45, 2.75) is 45.5 Å². The molecule has 0 fully saturated rings. The van der Waals surface area contributed by atoms with Gasteiger partial charge in [0.15, 0.2) is 0 Å². The molecule has 2 amide bonds. The van der Waals surface area contributed by atoms with Crippen LogP contribution in [0, 0.1) is 6.92 Å². The van der Waals surface area contributed by atoms with Gasteiger partial charge in [-0.1, -0.05) is 48.9 Å². The Morgan fingerprint density at radius 3 is 2.53 bits per heavy atom. The summed E-state index contributed by atoms with van der Waals surface area (Å²) in [5.41, 5.74) is 3.34. The van der Waals surface area contributed by atoms with Crippen LogP contribution >= 0.6 is 11.8 Å². The number of thioether (sulfide) groups is 1. The second-order valence-electron chi connectivity index (χ2n) is 7.32. The second-order valence-corrected chi connectivity index (χ2v) is 8.30. The van der Waals surface area contributed by atoms with Gasteiger partial charge in [0.1, 0.15) is 11.8 Å². The van der Waals surface area contributed by atoms with E-state index in [0.29, 0.717) is 18.8 Å². The lowest BCUT2D eigenvalue weighted by atomic mass is 10.1. The molecule has 0 aromatic heterocycles. The van der Waals surface area contributed by atoms with Gasteiger partial charge in [-0.25, -0.2) is 0 Å². The smallest absolute Gasteiger partial charge is 0.242 e. The fourth-order valence-electron chi connectivity index (χ4n) is 2.97. The zero-order valence-corrected chi connectivity index (χ0v) is 19.1. The Hall–Kier alpha value is -2.47. The minimum atomic E-state index is -0.546. The van der Waals surface area contributed by atoms with Gasteiger partial charge in [0.05, 0.1) is 12.9 Å². The number of carbonyl (C=O) groups excluding carboxylic acids is 2. The molecular formula is C24H32N2O3S. The summed E-state index contributed by atoms with van der Waals surface area (Å²) in [4.78, 5) is 27.3. The molecule has 2 rings (SSSR count). The highest BCUT2D eigenvalue weighted by atomic mass is 32.2. The molecule has 6 heteroatoms. The average molecular weight is 429 g/mol. The van der Waals surface area contributed by atoms with Crippen molar-refractivity contribution >= 4 is 23.6 Å². The maximum Gasteiger partial charge on any atom is 0.242 e. The Kier molecular flexibility index (Phi) is 9.74. The van der Waals surface area contributed by atoms with Crippen LogP contribution in [0.5, 0.6) is 5.75 Å². The molecule has 0 heterocycles. The zero-order valence-electron chi connectivity index (χ0n) is 18.3. The van der Waals surface area contributed by atoms with Gasteiger partial charge in [-0.15, -0.1) is 11.8 Å². The molecule has 0 spiro atoms. The monoisotopic (exact) mass is 428 g/mol. The number of aryl methyl sites for hydroxylation is 1. The van der Waals surface area contributed by atoms with Gasteiger partial charge in [0, 0.05) is 18.8 Å². The Labute approximate surface area is 184 Å². The second kappa shape index (κ2) is 12.3. The predicted octanol–water partition coefficient (Wildman–Crippen LogP) is 4.18. The topological polar surface area (TPSA) is 58.6 Å². The van der Waals surface area contributed by atoms with Crippen LogP contribution in [-0.2, 0) is 21.9 Å². The average Bonchev–Trinajstić information content (AvgIpc) is 2.76. The Morgan fingerprint density at radius 2 is 1.87 bits per heavy atom. The molecule has 0 saturated carbocycles. The van der Waals surface area contributed by atoms with Gasteiger partial charge in [-0.05, 0) is 43.5 Å². The number of hydrogen-bond donors (Lipinski definition) is 1. The summed E-state index contributed by atoms with van der Waals surface area (Å²) in [5, 5.41) is 2.90. The fourth-order valence-corrected chi connectivity index (χ4v) is 3.84. The molecule has 30 heavy (non-hydrogen) atoms. The van der Waals surface area contributed by atoms with Gasteiger partial charge >= 0.3 is 0 Å². The lowest BCUT2D eigenvalue weighted by Crippen LogP contribution is -2.48. The van der Waals surface area contributed by atoms with Gasteiger partial charge in [-0.2, -0.15) is 0 Å². The van der Waals surface area contributed by atoms with E-state index in [4.69, 9.17) is 4.74 Å². The molecule has 0 unspecified atom stereocenters. The first kappa shape index (κ1) is 23.8. The molecule has 0 saturated heterocycles. The molecule has 0 aliphatic carbocycles. The molecule has 0 radical (unpaired) electrons. The number of benzene rings is 2. The molecule has 0 aliphatic heterocycles. The molecule has 5 nitrogen and oxygen atoms in total. The first-order valence-corrected chi connectivity index (χ1v) is 11.4. The van der Waals surface area contributed by atoms with E-state index in [0.717, 1.165) is 23.5 Å². The maximum atomic E-state index is 13.1. The third-order valence-corrected chi connectivity index (χ3v) is 5.81. The van der Waals surface area contributed by atoms with Gasteiger partial charge in [0.25, 0.3) is 0 Å². The molecule has 0 aliphatic rings. The van der Waals surface area contributed by atoms with Gasteiger partial charge in [0.2, 0.25) is 11.8 Å². The lowest BCUT2D eigenvalue weighted by Gasteiger charge is -2.29. The first-order valence-electron chi connectivity index (χ1n) is 10.3.